The Bertz CT molecular complexity index is 296. The molecule has 0 aromatic carbocycles. The summed E-state index contributed by atoms with van der Waals surface area (Å²) in [6, 6.07) is -0.303. The minimum absolute atomic E-state index is 0.163. The number of rotatable bonds is 1. The van der Waals surface area contributed by atoms with Gasteiger partial charge in [-0.1, -0.05) is 0 Å². The number of amides is 1. The van der Waals surface area contributed by atoms with Gasteiger partial charge in [-0.3, -0.25) is 4.79 Å². The SMILES string of the molecule is C[C@@H]1OC[C@@H](O)[C@H](C2CC(=O)NC(=S)N2)O1. The van der Waals surface area contributed by atoms with Crippen LogP contribution in [0.25, 0.3) is 0 Å². The zero-order valence-electron chi connectivity index (χ0n) is 8.80. The molecular weight excluding hydrogens is 232 g/mol. The predicted octanol–water partition coefficient (Wildman–Crippen LogP) is -1.13. The second-order valence-corrected chi connectivity index (χ2v) is 4.31. The zero-order valence-corrected chi connectivity index (χ0v) is 9.62. The molecule has 0 aliphatic carbocycles. The highest BCUT2D eigenvalue weighted by Crippen LogP contribution is 2.19. The van der Waals surface area contributed by atoms with Gasteiger partial charge in [0.1, 0.15) is 12.2 Å². The van der Waals surface area contributed by atoms with E-state index in [0.717, 1.165) is 0 Å². The van der Waals surface area contributed by atoms with Gasteiger partial charge in [-0.25, -0.2) is 0 Å². The summed E-state index contributed by atoms with van der Waals surface area (Å²) >= 11 is 4.89. The number of carbonyl (C=O) groups is 1. The molecule has 16 heavy (non-hydrogen) atoms. The van der Waals surface area contributed by atoms with Crippen LogP contribution in [0.1, 0.15) is 13.3 Å². The minimum Gasteiger partial charge on any atom is -0.388 e. The number of nitrogens with one attached hydrogen (secondary N) is 2. The molecule has 0 bridgehead atoms. The molecule has 2 saturated heterocycles. The fourth-order valence-corrected chi connectivity index (χ4v) is 2.14. The summed E-state index contributed by atoms with van der Waals surface area (Å²) in [5.74, 6) is -0.163. The smallest absolute Gasteiger partial charge is 0.228 e. The predicted molar refractivity (Wildman–Crippen MR) is 58.6 cm³/mol. The number of aliphatic hydroxyl groups excluding tert-OH is 1. The normalized spacial score (nSPS) is 40.1. The van der Waals surface area contributed by atoms with Gasteiger partial charge in [-0.2, -0.15) is 0 Å². The van der Waals surface area contributed by atoms with Crippen LogP contribution in [0.2, 0.25) is 0 Å². The first-order chi connectivity index (χ1) is 7.56. The molecule has 1 amide bonds. The second-order valence-electron chi connectivity index (χ2n) is 3.90. The lowest BCUT2D eigenvalue weighted by Gasteiger charge is -2.39. The van der Waals surface area contributed by atoms with Crippen molar-refractivity contribution >= 4 is 23.2 Å². The largest absolute Gasteiger partial charge is 0.388 e. The van der Waals surface area contributed by atoms with Gasteiger partial charge in [0.25, 0.3) is 0 Å². The maximum atomic E-state index is 11.3. The van der Waals surface area contributed by atoms with Gasteiger partial charge in [0.05, 0.1) is 12.6 Å². The van der Waals surface area contributed by atoms with Crippen molar-refractivity contribution in [2.24, 2.45) is 0 Å². The van der Waals surface area contributed by atoms with Crippen molar-refractivity contribution < 1.29 is 19.4 Å². The van der Waals surface area contributed by atoms with Gasteiger partial charge < -0.3 is 25.2 Å². The van der Waals surface area contributed by atoms with E-state index in [1.165, 1.54) is 0 Å². The molecule has 0 radical (unpaired) electrons. The number of carbonyl (C=O) groups excluding carboxylic acids is 1. The molecule has 7 heteroatoms. The van der Waals surface area contributed by atoms with Crippen molar-refractivity contribution in [3.8, 4) is 0 Å². The molecule has 2 aliphatic heterocycles. The van der Waals surface area contributed by atoms with Gasteiger partial charge in [0.2, 0.25) is 5.91 Å². The second kappa shape index (κ2) is 4.62. The van der Waals surface area contributed by atoms with Gasteiger partial charge >= 0.3 is 0 Å². The highest BCUT2D eigenvalue weighted by molar-refractivity contribution is 7.80. The molecule has 6 nitrogen and oxygen atoms in total. The van der Waals surface area contributed by atoms with Crippen LogP contribution in [-0.4, -0.2) is 47.3 Å². The van der Waals surface area contributed by atoms with E-state index < -0.39 is 12.2 Å². The average Bonchev–Trinajstić information content (AvgIpc) is 2.20. The molecule has 2 heterocycles. The van der Waals surface area contributed by atoms with E-state index in [4.69, 9.17) is 21.7 Å². The Morgan fingerprint density at radius 3 is 3.00 bits per heavy atom. The molecule has 0 aromatic heterocycles. The van der Waals surface area contributed by atoms with Crippen molar-refractivity contribution in [1.29, 1.82) is 0 Å². The summed E-state index contributed by atoms with van der Waals surface area (Å²) in [4.78, 5) is 11.3. The third-order valence-corrected chi connectivity index (χ3v) is 2.82. The Kier molecular flexibility index (Phi) is 3.38. The first-order valence-electron chi connectivity index (χ1n) is 5.11. The molecule has 3 N–H and O–H groups in total. The summed E-state index contributed by atoms with van der Waals surface area (Å²) in [6.07, 6.45) is -1.38. The highest BCUT2D eigenvalue weighted by atomic mass is 32.1. The fraction of sp³-hybridized carbons (Fsp3) is 0.778. The standard InChI is InChI=1S/C9H14N2O4S/c1-4-14-3-6(12)8(15-4)5-2-7(13)11-9(16)10-5/h4-6,8,12H,2-3H2,1H3,(H2,10,11,13,16)/t4-,5?,6-,8+/m1/s1. The van der Waals surface area contributed by atoms with E-state index >= 15 is 0 Å². The fourth-order valence-electron chi connectivity index (χ4n) is 1.87. The Morgan fingerprint density at radius 2 is 2.31 bits per heavy atom. The summed E-state index contributed by atoms with van der Waals surface area (Å²) < 4.78 is 10.6. The number of hydrogen-bond acceptors (Lipinski definition) is 5. The first-order valence-corrected chi connectivity index (χ1v) is 5.52. The van der Waals surface area contributed by atoms with Crippen LogP contribution in [0.5, 0.6) is 0 Å². The van der Waals surface area contributed by atoms with E-state index in [1.54, 1.807) is 6.92 Å². The molecule has 2 aliphatic rings. The topological polar surface area (TPSA) is 79.8 Å². The molecule has 0 spiro atoms. The monoisotopic (exact) mass is 246 g/mol. The summed E-state index contributed by atoms with van der Waals surface area (Å²) in [7, 11) is 0. The van der Waals surface area contributed by atoms with Crippen LogP contribution in [-0.2, 0) is 14.3 Å². The van der Waals surface area contributed by atoms with Crippen LogP contribution >= 0.6 is 12.2 Å². The molecule has 4 atom stereocenters. The number of thiocarbonyl (C=S) groups is 1. The van der Waals surface area contributed by atoms with Crippen LogP contribution in [0, 0.1) is 0 Å². The first kappa shape index (κ1) is 11.7. The molecule has 0 aromatic rings. The Morgan fingerprint density at radius 1 is 1.56 bits per heavy atom. The van der Waals surface area contributed by atoms with Gasteiger partial charge in [-0.15, -0.1) is 0 Å². The van der Waals surface area contributed by atoms with Crippen molar-refractivity contribution in [3.05, 3.63) is 0 Å². The molecule has 1 unspecified atom stereocenters. The molecule has 2 rings (SSSR count). The quantitative estimate of drug-likeness (QED) is 0.508. The Hall–Kier alpha value is -0.760. The lowest BCUT2D eigenvalue weighted by Crippen LogP contribution is -2.61. The van der Waals surface area contributed by atoms with Crippen LogP contribution < -0.4 is 10.6 Å². The van der Waals surface area contributed by atoms with Crippen molar-refractivity contribution in [2.45, 2.75) is 37.9 Å². The summed E-state index contributed by atoms with van der Waals surface area (Å²) in [5, 5.41) is 15.4. The average molecular weight is 246 g/mol. The Balaban J connectivity index is 2.04. The maximum absolute atomic E-state index is 11.3. The zero-order chi connectivity index (χ0) is 11.7. The third-order valence-electron chi connectivity index (χ3n) is 2.60. The van der Waals surface area contributed by atoms with Crippen molar-refractivity contribution in [1.82, 2.24) is 10.6 Å². The van der Waals surface area contributed by atoms with Gasteiger partial charge in [0, 0.05) is 6.42 Å². The molecule has 2 fully saturated rings. The van der Waals surface area contributed by atoms with E-state index in [-0.39, 0.29) is 36.4 Å². The third kappa shape index (κ3) is 2.49. The van der Waals surface area contributed by atoms with E-state index in [9.17, 15) is 9.90 Å². The lowest BCUT2D eigenvalue weighted by atomic mass is 10.00. The maximum Gasteiger partial charge on any atom is 0.228 e. The number of ether oxygens (including phenoxy) is 2. The molecule has 0 saturated carbocycles. The minimum atomic E-state index is -0.748. The van der Waals surface area contributed by atoms with Crippen LogP contribution in [0.15, 0.2) is 0 Å². The van der Waals surface area contributed by atoms with Crippen LogP contribution in [0.4, 0.5) is 0 Å². The molecular formula is C9H14N2O4S. The molecule has 90 valence electrons. The summed E-state index contributed by atoms with van der Waals surface area (Å²) in [6.45, 7) is 1.96. The van der Waals surface area contributed by atoms with Crippen LogP contribution in [0.3, 0.4) is 0 Å². The van der Waals surface area contributed by atoms with Gasteiger partial charge in [0.15, 0.2) is 11.4 Å². The van der Waals surface area contributed by atoms with E-state index in [2.05, 4.69) is 10.6 Å². The van der Waals surface area contributed by atoms with E-state index in [0.29, 0.717) is 0 Å². The lowest BCUT2D eigenvalue weighted by molar-refractivity contribution is -0.250. The number of aliphatic hydroxyl groups is 1. The summed E-state index contributed by atoms with van der Waals surface area (Å²) in [5.41, 5.74) is 0. The highest BCUT2D eigenvalue weighted by Gasteiger charge is 2.38. The van der Waals surface area contributed by atoms with Crippen molar-refractivity contribution in [2.75, 3.05) is 6.61 Å². The van der Waals surface area contributed by atoms with Gasteiger partial charge in [-0.05, 0) is 19.1 Å². The Labute approximate surface area is 98.3 Å². The number of hydrogen-bond donors (Lipinski definition) is 3. The van der Waals surface area contributed by atoms with E-state index in [1.807, 2.05) is 0 Å². The van der Waals surface area contributed by atoms with Crippen molar-refractivity contribution in [3.63, 3.8) is 0 Å².